The first-order valence-electron chi connectivity index (χ1n) is 9.74. The Bertz CT molecular complexity index is 1040. The van der Waals surface area contributed by atoms with E-state index in [9.17, 15) is 4.79 Å². The molecule has 0 spiro atoms. The van der Waals surface area contributed by atoms with Crippen LogP contribution in [0.2, 0.25) is 0 Å². The maximum absolute atomic E-state index is 12.3. The van der Waals surface area contributed by atoms with Gasteiger partial charge in [-0.2, -0.15) is 0 Å². The SMILES string of the molecule is Cc1ccc2sc(NC(=O)CCCOc3ccc(C(C)(C)C)cc3Br)nc2c1C. The number of nitrogens with zero attached hydrogens (tertiary/aromatic N) is 1. The van der Waals surface area contributed by atoms with Gasteiger partial charge in [-0.1, -0.05) is 44.2 Å². The number of anilines is 1. The number of amides is 1. The van der Waals surface area contributed by atoms with Gasteiger partial charge in [0.05, 0.1) is 21.3 Å². The molecule has 1 amide bonds. The van der Waals surface area contributed by atoms with E-state index in [0.717, 1.165) is 26.0 Å². The lowest BCUT2D eigenvalue weighted by atomic mass is 9.87. The molecule has 0 aliphatic heterocycles. The van der Waals surface area contributed by atoms with Gasteiger partial charge in [0.15, 0.2) is 5.13 Å². The molecule has 0 fully saturated rings. The molecule has 154 valence electrons. The number of rotatable bonds is 6. The molecule has 6 heteroatoms. The Kier molecular flexibility index (Phi) is 6.64. The molecule has 0 radical (unpaired) electrons. The molecule has 0 bridgehead atoms. The van der Waals surface area contributed by atoms with E-state index in [1.54, 1.807) is 0 Å². The minimum atomic E-state index is -0.0378. The third-order valence-corrected chi connectivity index (χ3v) is 6.49. The third-order valence-electron chi connectivity index (χ3n) is 4.93. The quantitative estimate of drug-likeness (QED) is 0.400. The van der Waals surface area contributed by atoms with Crippen LogP contribution in [0, 0.1) is 13.8 Å². The summed E-state index contributed by atoms with van der Waals surface area (Å²) in [5.41, 5.74) is 4.68. The summed E-state index contributed by atoms with van der Waals surface area (Å²) in [5, 5.41) is 3.57. The van der Waals surface area contributed by atoms with E-state index in [2.05, 4.69) is 85.1 Å². The smallest absolute Gasteiger partial charge is 0.226 e. The summed E-state index contributed by atoms with van der Waals surface area (Å²) in [4.78, 5) is 16.8. The molecular weight excluding hydrogens is 448 g/mol. The van der Waals surface area contributed by atoms with E-state index in [4.69, 9.17) is 4.74 Å². The van der Waals surface area contributed by atoms with Gasteiger partial charge in [0.2, 0.25) is 5.91 Å². The molecular formula is C23H27BrN2O2S. The summed E-state index contributed by atoms with van der Waals surface area (Å²) in [6.45, 7) is 11.2. The van der Waals surface area contributed by atoms with Crippen molar-refractivity contribution < 1.29 is 9.53 Å². The monoisotopic (exact) mass is 474 g/mol. The molecule has 3 rings (SSSR count). The molecule has 2 aromatic carbocycles. The number of aryl methyl sites for hydroxylation is 2. The molecule has 0 aliphatic rings. The van der Waals surface area contributed by atoms with Crippen LogP contribution < -0.4 is 10.1 Å². The third kappa shape index (κ3) is 5.37. The van der Waals surface area contributed by atoms with Crippen LogP contribution in [0.5, 0.6) is 5.75 Å². The topological polar surface area (TPSA) is 51.2 Å². The first-order valence-corrected chi connectivity index (χ1v) is 11.4. The van der Waals surface area contributed by atoms with Crippen LogP contribution in [0.4, 0.5) is 5.13 Å². The van der Waals surface area contributed by atoms with Crippen LogP contribution in [0.3, 0.4) is 0 Å². The molecule has 0 saturated carbocycles. The molecule has 0 atom stereocenters. The predicted molar refractivity (Wildman–Crippen MR) is 125 cm³/mol. The summed E-state index contributed by atoms with van der Waals surface area (Å²) in [5.74, 6) is 0.764. The van der Waals surface area contributed by atoms with Crippen LogP contribution in [-0.4, -0.2) is 17.5 Å². The molecule has 0 aliphatic carbocycles. The number of aromatic nitrogens is 1. The highest BCUT2D eigenvalue weighted by molar-refractivity contribution is 9.10. The van der Waals surface area contributed by atoms with Crippen molar-refractivity contribution in [1.82, 2.24) is 4.98 Å². The largest absolute Gasteiger partial charge is 0.492 e. The van der Waals surface area contributed by atoms with Gasteiger partial charge in [-0.15, -0.1) is 0 Å². The maximum Gasteiger partial charge on any atom is 0.226 e. The molecule has 0 saturated heterocycles. The lowest BCUT2D eigenvalue weighted by Crippen LogP contribution is -2.13. The average molecular weight is 475 g/mol. The number of carbonyl (C=O) groups is 1. The Balaban J connectivity index is 1.50. The van der Waals surface area contributed by atoms with Crippen molar-refractivity contribution in [3.8, 4) is 5.75 Å². The zero-order valence-corrected chi connectivity index (χ0v) is 20.0. The van der Waals surface area contributed by atoms with Crippen molar-refractivity contribution in [2.75, 3.05) is 11.9 Å². The van der Waals surface area contributed by atoms with Gasteiger partial charge in [-0.05, 0) is 76.5 Å². The number of halogens is 1. The van der Waals surface area contributed by atoms with Gasteiger partial charge < -0.3 is 10.1 Å². The standard InChI is InChI=1S/C23H27BrN2O2S/c1-14-8-11-19-21(15(14)2)26-22(29-19)25-20(27)7-6-12-28-18-10-9-16(13-17(18)24)23(3,4)5/h8-11,13H,6-7,12H2,1-5H3,(H,25,26,27). The van der Waals surface area contributed by atoms with Gasteiger partial charge in [0.1, 0.15) is 5.75 Å². The fourth-order valence-corrected chi connectivity index (χ4v) is 4.40. The van der Waals surface area contributed by atoms with E-state index >= 15 is 0 Å². The summed E-state index contributed by atoms with van der Waals surface area (Å²) in [7, 11) is 0. The fourth-order valence-electron chi connectivity index (χ4n) is 2.96. The second-order valence-corrected chi connectivity index (χ2v) is 10.2. The Hall–Kier alpha value is -1.92. The van der Waals surface area contributed by atoms with Gasteiger partial charge in [0.25, 0.3) is 0 Å². The van der Waals surface area contributed by atoms with Crippen molar-refractivity contribution in [2.24, 2.45) is 0 Å². The lowest BCUT2D eigenvalue weighted by Gasteiger charge is -2.20. The number of thiazole rings is 1. The zero-order chi connectivity index (χ0) is 21.2. The van der Waals surface area contributed by atoms with Crippen molar-refractivity contribution in [3.63, 3.8) is 0 Å². The molecule has 29 heavy (non-hydrogen) atoms. The van der Waals surface area contributed by atoms with Gasteiger partial charge >= 0.3 is 0 Å². The maximum atomic E-state index is 12.3. The second kappa shape index (κ2) is 8.84. The molecule has 0 unspecified atom stereocenters. The first-order chi connectivity index (χ1) is 13.6. The number of nitrogens with one attached hydrogen (secondary N) is 1. The van der Waals surface area contributed by atoms with Crippen molar-refractivity contribution >= 4 is 48.5 Å². The predicted octanol–water partition coefficient (Wildman–Crippen LogP) is 6.77. The van der Waals surface area contributed by atoms with Gasteiger partial charge in [0, 0.05) is 6.42 Å². The zero-order valence-electron chi connectivity index (χ0n) is 17.6. The number of fused-ring (bicyclic) bond motifs is 1. The summed E-state index contributed by atoms with van der Waals surface area (Å²) < 4.78 is 7.87. The molecule has 1 N–H and O–H groups in total. The van der Waals surface area contributed by atoms with E-state index in [-0.39, 0.29) is 11.3 Å². The number of hydrogen-bond acceptors (Lipinski definition) is 4. The number of ether oxygens (including phenoxy) is 1. The van der Waals surface area contributed by atoms with E-state index in [0.29, 0.717) is 24.6 Å². The lowest BCUT2D eigenvalue weighted by molar-refractivity contribution is -0.116. The average Bonchev–Trinajstić information content (AvgIpc) is 3.05. The van der Waals surface area contributed by atoms with Crippen LogP contribution >= 0.6 is 27.3 Å². The Morgan fingerprint density at radius 1 is 1.21 bits per heavy atom. The number of carbonyl (C=O) groups excluding carboxylic acids is 1. The van der Waals surface area contributed by atoms with Crippen molar-refractivity contribution in [1.29, 1.82) is 0 Å². The van der Waals surface area contributed by atoms with E-state index < -0.39 is 0 Å². The summed E-state index contributed by atoms with van der Waals surface area (Å²) in [6.07, 6.45) is 1.04. The summed E-state index contributed by atoms with van der Waals surface area (Å²) >= 11 is 5.09. The molecule has 3 aromatic rings. The summed E-state index contributed by atoms with van der Waals surface area (Å²) in [6, 6.07) is 10.3. The number of benzene rings is 2. The molecule has 4 nitrogen and oxygen atoms in total. The first kappa shape index (κ1) is 21.8. The Labute approximate surface area is 184 Å². The van der Waals surface area contributed by atoms with Gasteiger partial charge in [-0.3, -0.25) is 4.79 Å². The van der Waals surface area contributed by atoms with Gasteiger partial charge in [-0.25, -0.2) is 4.98 Å². The second-order valence-electron chi connectivity index (χ2n) is 8.27. The van der Waals surface area contributed by atoms with Crippen LogP contribution in [0.15, 0.2) is 34.8 Å². The highest BCUT2D eigenvalue weighted by Crippen LogP contribution is 2.32. The molecule has 1 heterocycles. The van der Waals surface area contributed by atoms with Crippen molar-refractivity contribution in [2.45, 2.75) is 52.9 Å². The fraction of sp³-hybridized carbons (Fsp3) is 0.391. The minimum absolute atomic E-state index is 0.0378. The van der Waals surface area contributed by atoms with Crippen molar-refractivity contribution in [3.05, 3.63) is 51.5 Å². The van der Waals surface area contributed by atoms with Crippen LogP contribution in [0.1, 0.15) is 50.3 Å². The number of hydrogen-bond donors (Lipinski definition) is 1. The van der Waals surface area contributed by atoms with E-state index in [1.807, 2.05) is 6.07 Å². The normalized spacial score (nSPS) is 11.7. The minimum Gasteiger partial charge on any atom is -0.492 e. The highest BCUT2D eigenvalue weighted by atomic mass is 79.9. The van der Waals surface area contributed by atoms with E-state index in [1.165, 1.54) is 22.5 Å². The molecule has 1 aromatic heterocycles. The van der Waals surface area contributed by atoms with Crippen LogP contribution in [0.25, 0.3) is 10.2 Å². The Morgan fingerprint density at radius 2 is 1.97 bits per heavy atom. The van der Waals surface area contributed by atoms with Crippen LogP contribution in [-0.2, 0) is 10.2 Å². The highest BCUT2D eigenvalue weighted by Gasteiger charge is 2.15. The Morgan fingerprint density at radius 3 is 2.66 bits per heavy atom.